The predicted molar refractivity (Wildman–Crippen MR) is 91.9 cm³/mol. The molecule has 0 spiro atoms. The highest BCUT2D eigenvalue weighted by molar-refractivity contribution is 5.39. The van der Waals surface area contributed by atoms with Crippen molar-refractivity contribution in [3.8, 4) is 17.2 Å². The van der Waals surface area contributed by atoms with Gasteiger partial charge in [-0.05, 0) is 36.8 Å². The number of benzene rings is 2. The molecule has 0 fully saturated rings. The first-order valence-corrected chi connectivity index (χ1v) is 7.89. The topological polar surface area (TPSA) is 57.2 Å². The van der Waals surface area contributed by atoms with Gasteiger partial charge in [0.05, 0.1) is 20.8 Å². The Hall–Kier alpha value is -2.24. The molecule has 0 bridgehead atoms. The van der Waals surface area contributed by atoms with Crippen LogP contribution < -0.4 is 14.2 Å². The summed E-state index contributed by atoms with van der Waals surface area (Å²) in [6, 6.07) is 14.6. The van der Waals surface area contributed by atoms with Crippen molar-refractivity contribution in [3.05, 3.63) is 54.1 Å². The molecule has 0 saturated carbocycles. The molecule has 0 radical (unpaired) electrons. The third kappa shape index (κ3) is 4.63. The molecule has 1 N–H and O–H groups in total. The minimum Gasteiger partial charge on any atom is -0.497 e. The second-order valence-electron chi connectivity index (χ2n) is 5.18. The summed E-state index contributed by atoms with van der Waals surface area (Å²) in [5.74, 6) is 1.91. The predicted octanol–water partition coefficient (Wildman–Crippen LogP) is 3.22. The van der Waals surface area contributed by atoms with Gasteiger partial charge in [-0.2, -0.15) is 0 Å². The van der Waals surface area contributed by atoms with E-state index in [1.807, 2.05) is 37.3 Å². The van der Waals surface area contributed by atoms with E-state index in [0.29, 0.717) is 18.1 Å². The van der Waals surface area contributed by atoms with Gasteiger partial charge in [0.1, 0.15) is 11.9 Å². The molecule has 0 heterocycles. The molecule has 0 aromatic heterocycles. The Labute approximate surface area is 142 Å². The summed E-state index contributed by atoms with van der Waals surface area (Å²) in [6.45, 7) is 2.71. The zero-order valence-electron chi connectivity index (χ0n) is 14.3. The van der Waals surface area contributed by atoms with Crippen molar-refractivity contribution >= 4 is 0 Å². The maximum Gasteiger partial charge on any atom is 0.161 e. The van der Waals surface area contributed by atoms with E-state index in [1.54, 1.807) is 32.4 Å². The molecule has 2 aromatic carbocycles. The van der Waals surface area contributed by atoms with Crippen LogP contribution in [0.5, 0.6) is 17.2 Å². The number of methoxy groups -OCH3 is 2. The Balaban J connectivity index is 2.19. The zero-order chi connectivity index (χ0) is 17.4. The molecule has 24 heavy (non-hydrogen) atoms. The first kappa shape index (κ1) is 18.1. The molecule has 5 nitrogen and oxygen atoms in total. The van der Waals surface area contributed by atoms with Gasteiger partial charge in [0.2, 0.25) is 0 Å². The summed E-state index contributed by atoms with van der Waals surface area (Å²) < 4.78 is 21.9. The lowest BCUT2D eigenvalue weighted by molar-refractivity contribution is -0.0234. The van der Waals surface area contributed by atoms with Gasteiger partial charge in [-0.1, -0.05) is 24.3 Å². The van der Waals surface area contributed by atoms with Gasteiger partial charge in [0.25, 0.3) is 0 Å². The van der Waals surface area contributed by atoms with Crippen LogP contribution in [0.25, 0.3) is 0 Å². The lowest BCUT2D eigenvalue weighted by Gasteiger charge is -2.25. The van der Waals surface area contributed by atoms with E-state index >= 15 is 0 Å². The second-order valence-corrected chi connectivity index (χ2v) is 5.18. The van der Waals surface area contributed by atoms with Crippen molar-refractivity contribution in [2.24, 2.45) is 0 Å². The number of aliphatic hydroxyl groups is 1. The highest BCUT2D eigenvalue weighted by Crippen LogP contribution is 2.30. The number of rotatable bonds is 9. The van der Waals surface area contributed by atoms with Gasteiger partial charge in [-0.15, -0.1) is 0 Å². The average molecular weight is 332 g/mol. The minimum atomic E-state index is -0.840. The van der Waals surface area contributed by atoms with Crippen LogP contribution in [-0.4, -0.2) is 38.6 Å². The molecule has 2 aromatic rings. The van der Waals surface area contributed by atoms with Crippen molar-refractivity contribution in [1.29, 1.82) is 0 Å². The van der Waals surface area contributed by atoms with Crippen LogP contribution in [0, 0.1) is 0 Å². The summed E-state index contributed by atoms with van der Waals surface area (Å²) in [6.07, 6.45) is -1.40. The van der Waals surface area contributed by atoms with Crippen LogP contribution in [0.2, 0.25) is 0 Å². The largest absolute Gasteiger partial charge is 0.497 e. The van der Waals surface area contributed by atoms with E-state index in [-0.39, 0.29) is 6.61 Å². The van der Waals surface area contributed by atoms with Crippen molar-refractivity contribution in [2.75, 3.05) is 27.4 Å². The number of para-hydroxylation sites is 2. The van der Waals surface area contributed by atoms with Crippen LogP contribution in [0.1, 0.15) is 18.6 Å². The number of aliphatic hydroxyl groups excluding tert-OH is 1. The molecule has 0 saturated heterocycles. The lowest BCUT2D eigenvalue weighted by Crippen LogP contribution is -2.30. The Morgan fingerprint density at radius 2 is 1.58 bits per heavy atom. The van der Waals surface area contributed by atoms with Crippen molar-refractivity contribution in [1.82, 2.24) is 0 Å². The van der Waals surface area contributed by atoms with Crippen LogP contribution in [-0.2, 0) is 4.74 Å². The van der Waals surface area contributed by atoms with Crippen LogP contribution in [0.4, 0.5) is 0 Å². The van der Waals surface area contributed by atoms with Crippen LogP contribution in [0.15, 0.2) is 48.5 Å². The van der Waals surface area contributed by atoms with E-state index in [4.69, 9.17) is 18.9 Å². The lowest BCUT2D eigenvalue weighted by atomic mass is 10.0. The molecule has 130 valence electrons. The smallest absolute Gasteiger partial charge is 0.161 e. The standard InChI is InChI=1S/C19H24O5/c1-4-23-13-18(24-17-8-6-5-7-16(17)22-3)19(20)14-9-11-15(21-2)12-10-14/h5-12,18-20H,4,13H2,1-3H3. The quantitative estimate of drug-likeness (QED) is 0.764. The molecular weight excluding hydrogens is 308 g/mol. The maximum atomic E-state index is 10.7. The van der Waals surface area contributed by atoms with E-state index < -0.39 is 12.2 Å². The maximum absolute atomic E-state index is 10.7. The molecule has 0 aliphatic heterocycles. The molecule has 2 unspecified atom stereocenters. The van der Waals surface area contributed by atoms with Crippen LogP contribution in [0.3, 0.4) is 0 Å². The number of ether oxygens (including phenoxy) is 4. The van der Waals surface area contributed by atoms with Crippen molar-refractivity contribution in [3.63, 3.8) is 0 Å². The van der Waals surface area contributed by atoms with Crippen LogP contribution >= 0.6 is 0 Å². The van der Waals surface area contributed by atoms with E-state index in [2.05, 4.69) is 0 Å². The fraction of sp³-hybridized carbons (Fsp3) is 0.368. The summed E-state index contributed by atoms with van der Waals surface area (Å²) in [5, 5.41) is 10.7. The van der Waals surface area contributed by atoms with Crippen molar-refractivity contribution in [2.45, 2.75) is 19.1 Å². The third-order valence-corrected chi connectivity index (χ3v) is 3.64. The highest BCUT2D eigenvalue weighted by Gasteiger charge is 2.24. The number of hydrogen-bond acceptors (Lipinski definition) is 5. The van der Waals surface area contributed by atoms with Crippen molar-refractivity contribution < 1.29 is 24.1 Å². The fourth-order valence-corrected chi connectivity index (χ4v) is 2.32. The van der Waals surface area contributed by atoms with E-state index in [1.165, 1.54) is 0 Å². The summed E-state index contributed by atoms with van der Waals surface area (Å²) >= 11 is 0. The van der Waals surface area contributed by atoms with E-state index in [0.717, 1.165) is 11.3 Å². The average Bonchev–Trinajstić information content (AvgIpc) is 2.65. The summed E-state index contributed by atoms with van der Waals surface area (Å²) in [7, 11) is 3.19. The van der Waals surface area contributed by atoms with Gasteiger partial charge >= 0.3 is 0 Å². The monoisotopic (exact) mass is 332 g/mol. The molecule has 2 atom stereocenters. The molecule has 0 amide bonds. The fourth-order valence-electron chi connectivity index (χ4n) is 2.32. The molecule has 5 heteroatoms. The normalized spacial score (nSPS) is 13.2. The second kappa shape index (κ2) is 9.15. The SMILES string of the molecule is CCOCC(Oc1ccccc1OC)C(O)c1ccc(OC)cc1. The van der Waals surface area contributed by atoms with E-state index in [9.17, 15) is 5.11 Å². The van der Waals surface area contributed by atoms with Gasteiger partial charge in [0.15, 0.2) is 17.6 Å². The van der Waals surface area contributed by atoms with Gasteiger partial charge in [-0.25, -0.2) is 0 Å². The first-order valence-electron chi connectivity index (χ1n) is 7.89. The molecule has 0 aliphatic rings. The summed E-state index contributed by atoms with van der Waals surface area (Å²) in [4.78, 5) is 0. The molecular formula is C19H24O5. The number of hydrogen-bond donors (Lipinski definition) is 1. The van der Waals surface area contributed by atoms with Gasteiger partial charge in [-0.3, -0.25) is 0 Å². The molecule has 2 rings (SSSR count). The zero-order valence-corrected chi connectivity index (χ0v) is 14.3. The first-order chi connectivity index (χ1) is 11.7. The minimum absolute atomic E-state index is 0.266. The highest BCUT2D eigenvalue weighted by atomic mass is 16.6. The summed E-state index contributed by atoms with van der Waals surface area (Å²) in [5.41, 5.74) is 0.732. The Morgan fingerprint density at radius 1 is 0.917 bits per heavy atom. The van der Waals surface area contributed by atoms with Gasteiger partial charge < -0.3 is 24.1 Å². The van der Waals surface area contributed by atoms with Gasteiger partial charge in [0, 0.05) is 6.61 Å². The third-order valence-electron chi connectivity index (χ3n) is 3.64. The Bertz CT molecular complexity index is 611. The molecule has 0 aliphatic carbocycles. The Kier molecular flexibility index (Phi) is 6.90. The Morgan fingerprint density at radius 3 is 2.17 bits per heavy atom.